The van der Waals surface area contributed by atoms with Crippen LogP contribution in [0.2, 0.25) is 0 Å². The fourth-order valence-corrected chi connectivity index (χ4v) is 1.96. The van der Waals surface area contributed by atoms with Crippen molar-refractivity contribution in [2.75, 3.05) is 11.9 Å². The summed E-state index contributed by atoms with van der Waals surface area (Å²) in [7, 11) is 0. The van der Waals surface area contributed by atoms with Crippen LogP contribution >= 0.6 is 0 Å². The Hall–Kier alpha value is -2.11. The summed E-state index contributed by atoms with van der Waals surface area (Å²) in [6.45, 7) is 6.68. The molecule has 0 saturated carbocycles. The zero-order valence-corrected chi connectivity index (χ0v) is 12.2. The standard InChI is InChI=1S/C14H21N5O/c1-14(2,3)19-10-9-18-12(13(19)20)17-6-4-5-11-15-7-8-16-11/h7-10H,4-6H2,1-3H3,(H,15,16)(H,17,18). The van der Waals surface area contributed by atoms with E-state index in [1.54, 1.807) is 23.2 Å². The molecule has 0 amide bonds. The van der Waals surface area contributed by atoms with Crippen LogP contribution in [0, 0.1) is 0 Å². The highest BCUT2D eigenvalue weighted by Crippen LogP contribution is 2.10. The van der Waals surface area contributed by atoms with Crippen LogP contribution in [0.1, 0.15) is 33.0 Å². The maximum Gasteiger partial charge on any atom is 0.293 e. The molecule has 0 fully saturated rings. The van der Waals surface area contributed by atoms with Crippen molar-refractivity contribution in [3.05, 3.63) is 41.0 Å². The molecule has 6 heteroatoms. The third kappa shape index (κ3) is 3.46. The number of anilines is 1. The van der Waals surface area contributed by atoms with Gasteiger partial charge in [0.2, 0.25) is 0 Å². The van der Waals surface area contributed by atoms with Crippen molar-refractivity contribution in [1.82, 2.24) is 19.5 Å². The number of H-pyrrole nitrogens is 1. The molecule has 108 valence electrons. The van der Waals surface area contributed by atoms with Gasteiger partial charge in [0.25, 0.3) is 5.56 Å². The molecule has 2 rings (SSSR count). The molecule has 2 aromatic rings. The first-order valence-corrected chi connectivity index (χ1v) is 6.79. The quantitative estimate of drug-likeness (QED) is 0.815. The van der Waals surface area contributed by atoms with Crippen LogP contribution in [-0.4, -0.2) is 26.1 Å². The van der Waals surface area contributed by atoms with E-state index in [1.165, 1.54) is 0 Å². The Balaban J connectivity index is 1.95. The number of hydrogen-bond donors (Lipinski definition) is 2. The molecule has 0 spiro atoms. The number of imidazole rings is 1. The SMILES string of the molecule is CC(C)(C)n1ccnc(NCCCc2ncc[nH]2)c1=O. The average Bonchev–Trinajstić information content (AvgIpc) is 2.88. The molecule has 2 N–H and O–H groups in total. The van der Waals surface area contributed by atoms with E-state index < -0.39 is 0 Å². The molecular weight excluding hydrogens is 254 g/mol. The lowest BCUT2D eigenvalue weighted by Crippen LogP contribution is -2.35. The predicted octanol–water partition coefficient (Wildman–Crippen LogP) is 1.77. The van der Waals surface area contributed by atoms with Gasteiger partial charge in [-0.1, -0.05) is 0 Å². The van der Waals surface area contributed by atoms with Crippen LogP contribution in [0.4, 0.5) is 5.82 Å². The first kappa shape index (κ1) is 14.3. The highest BCUT2D eigenvalue weighted by atomic mass is 16.1. The molecule has 0 aliphatic carbocycles. The lowest BCUT2D eigenvalue weighted by molar-refractivity contribution is 0.383. The topological polar surface area (TPSA) is 75.6 Å². The van der Waals surface area contributed by atoms with E-state index in [2.05, 4.69) is 20.3 Å². The third-order valence-corrected chi connectivity index (χ3v) is 3.00. The van der Waals surface area contributed by atoms with Crippen LogP contribution < -0.4 is 10.9 Å². The van der Waals surface area contributed by atoms with E-state index in [4.69, 9.17) is 0 Å². The summed E-state index contributed by atoms with van der Waals surface area (Å²) < 4.78 is 1.69. The summed E-state index contributed by atoms with van der Waals surface area (Å²) in [4.78, 5) is 23.6. The summed E-state index contributed by atoms with van der Waals surface area (Å²) in [5, 5.41) is 3.10. The number of rotatable bonds is 5. The van der Waals surface area contributed by atoms with Crippen LogP contribution in [-0.2, 0) is 12.0 Å². The molecule has 0 saturated heterocycles. The molecule has 0 radical (unpaired) electrons. The second kappa shape index (κ2) is 5.90. The molecule has 2 aromatic heterocycles. The molecule has 0 atom stereocenters. The Labute approximate surface area is 118 Å². The Morgan fingerprint density at radius 2 is 2.10 bits per heavy atom. The van der Waals surface area contributed by atoms with E-state index in [1.807, 2.05) is 27.0 Å². The highest BCUT2D eigenvalue weighted by molar-refractivity contribution is 5.30. The van der Waals surface area contributed by atoms with Gasteiger partial charge in [-0.05, 0) is 27.2 Å². The first-order valence-electron chi connectivity index (χ1n) is 6.79. The van der Waals surface area contributed by atoms with Crippen molar-refractivity contribution in [1.29, 1.82) is 0 Å². The van der Waals surface area contributed by atoms with Crippen LogP contribution in [0.15, 0.2) is 29.6 Å². The maximum atomic E-state index is 12.3. The third-order valence-electron chi connectivity index (χ3n) is 3.00. The first-order chi connectivity index (χ1) is 9.48. The van der Waals surface area contributed by atoms with Gasteiger partial charge < -0.3 is 14.9 Å². The van der Waals surface area contributed by atoms with E-state index >= 15 is 0 Å². The Kier molecular flexibility index (Phi) is 4.22. The zero-order valence-electron chi connectivity index (χ0n) is 12.2. The molecule has 0 unspecified atom stereocenters. The molecule has 20 heavy (non-hydrogen) atoms. The maximum absolute atomic E-state index is 12.3. The normalized spacial score (nSPS) is 11.6. The predicted molar refractivity (Wildman–Crippen MR) is 78.9 cm³/mol. The lowest BCUT2D eigenvalue weighted by Gasteiger charge is -2.22. The number of aromatic amines is 1. The fraction of sp³-hybridized carbons (Fsp3) is 0.500. The number of aryl methyl sites for hydroxylation is 1. The second-order valence-corrected chi connectivity index (χ2v) is 5.69. The Morgan fingerprint density at radius 1 is 1.30 bits per heavy atom. The van der Waals surface area contributed by atoms with Gasteiger partial charge in [-0.15, -0.1) is 0 Å². The van der Waals surface area contributed by atoms with E-state index in [0.717, 1.165) is 18.7 Å². The van der Waals surface area contributed by atoms with Gasteiger partial charge in [0.05, 0.1) is 0 Å². The Bertz CT molecular complexity index is 595. The molecule has 0 bridgehead atoms. The van der Waals surface area contributed by atoms with E-state index in [0.29, 0.717) is 12.4 Å². The molecule has 0 aliphatic rings. The summed E-state index contributed by atoms with van der Waals surface area (Å²) in [5.74, 6) is 1.36. The van der Waals surface area contributed by atoms with Gasteiger partial charge in [-0.3, -0.25) is 4.79 Å². The molecule has 0 aromatic carbocycles. The van der Waals surface area contributed by atoms with E-state index in [9.17, 15) is 4.79 Å². The number of hydrogen-bond acceptors (Lipinski definition) is 4. The van der Waals surface area contributed by atoms with Gasteiger partial charge in [0.15, 0.2) is 5.82 Å². The monoisotopic (exact) mass is 275 g/mol. The van der Waals surface area contributed by atoms with Gasteiger partial charge in [0.1, 0.15) is 5.82 Å². The minimum atomic E-state index is -0.245. The molecular formula is C14H21N5O. The highest BCUT2D eigenvalue weighted by Gasteiger charge is 2.16. The largest absolute Gasteiger partial charge is 0.365 e. The van der Waals surface area contributed by atoms with Crippen molar-refractivity contribution < 1.29 is 0 Å². The van der Waals surface area contributed by atoms with Crippen LogP contribution in [0.3, 0.4) is 0 Å². The summed E-state index contributed by atoms with van der Waals surface area (Å²) in [6, 6.07) is 0. The zero-order chi connectivity index (χ0) is 14.6. The van der Waals surface area contributed by atoms with E-state index in [-0.39, 0.29) is 11.1 Å². The smallest absolute Gasteiger partial charge is 0.293 e. The fourth-order valence-electron chi connectivity index (χ4n) is 1.96. The average molecular weight is 275 g/mol. The summed E-state index contributed by atoms with van der Waals surface area (Å²) in [5.41, 5.74) is -0.331. The minimum absolute atomic E-state index is 0.0852. The summed E-state index contributed by atoms with van der Waals surface area (Å²) >= 11 is 0. The van der Waals surface area contributed by atoms with Gasteiger partial charge in [0, 0.05) is 43.3 Å². The second-order valence-electron chi connectivity index (χ2n) is 5.69. The van der Waals surface area contributed by atoms with Crippen LogP contribution in [0.5, 0.6) is 0 Å². The number of nitrogens with zero attached hydrogens (tertiary/aromatic N) is 3. The van der Waals surface area contributed by atoms with Crippen molar-refractivity contribution in [2.45, 2.75) is 39.2 Å². The van der Waals surface area contributed by atoms with Gasteiger partial charge in [-0.25, -0.2) is 9.97 Å². The van der Waals surface area contributed by atoms with Crippen molar-refractivity contribution in [3.63, 3.8) is 0 Å². The van der Waals surface area contributed by atoms with Gasteiger partial charge in [-0.2, -0.15) is 0 Å². The summed E-state index contributed by atoms with van der Waals surface area (Å²) in [6.07, 6.45) is 8.66. The minimum Gasteiger partial charge on any atom is -0.365 e. The van der Waals surface area contributed by atoms with Crippen molar-refractivity contribution in [3.8, 4) is 0 Å². The lowest BCUT2D eigenvalue weighted by atomic mass is 10.1. The Morgan fingerprint density at radius 3 is 2.75 bits per heavy atom. The van der Waals surface area contributed by atoms with Gasteiger partial charge >= 0.3 is 0 Å². The molecule has 0 aliphatic heterocycles. The van der Waals surface area contributed by atoms with Crippen molar-refractivity contribution >= 4 is 5.82 Å². The molecule has 2 heterocycles. The molecule has 6 nitrogen and oxygen atoms in total. The number of aromatic nitrogens is 4. The van der Waals surface area contributed by atoms with Crippen LogP contribution in [0.25, 0.3) is 0 Å². The number of nitrogens with one attached hydrogen (secondary N) is 2. The van der Waals surface area contributed by atoms with Crippen molar-refractivity contribution in [2.24, 2.45) is 0 Å².